The van der Waals surface area contributed by atoms with Crippen LogP contribution in [0, 0.1) is 5.41 Å². The van der Waals surface area contributed by atoms with Crippen LogP contribution in [0.25, 0.3) is 0 Å². The number of benzene rings is 1. The molecule has 3 nitrogen and oxygen atoms in total. The second-order valence-corrected chi connectivity index (χ2v) is 6.81. The lowest BCUT2D eigenvalue weighted by Crippen LogP contribution is -2.35. The third kappa shape index (κ3) is 4.57. The van der Waals surface area contributed by atoms with Gasteiger partial charge < -0.3 is 10.6 Å². The molecule has 1 saturated carbocycles. The number of carbonyl (C=O) groups is 1. The maximum Gasteiger partial charge on any atom is 0.230 e. The van der Waals surface area contributed by atoms with Crippen molar-refractivity contribution in [3.05, 3.63) is 29.8 Å². The van der Waals surface area contributed by atoms with Gasteiger partial charge >= 0.3 is 0 Å². The fraction of sp³-hybridized carbons (Fsp3) is 0.611. The molecule has 1 aromatic carbocycles. The Kier molecular flexibility index (Phi) is 5.40. The average molecular weight is 288 g/mol. The van der Waals surface area contributed by atoms with E-state index < -0.39 is 0 Å². The van der Waals surface area contributed by atoms with Gasteiger partial charge in [0.2, 0.25) is 5.91 Å². The maximum absolute atomic E-state index is 12.5. The Labute approximate surface area is 128 Å². The van der Waals surface area contributed by atoms with Crippen molar-refractivity contribution in [1.82, 2.24) is 5.32 Å². The monoisotopic (exact) mass is 288 g/mol. The van der Waals surface area contributed by atoms with E-state index >= 15 is 0 Å². The first-order valence-corrected chi connectivity index (χ1v) is 8.13. The SMILES string of the molecule is CC(C)NCc1cccc(NC(=O)C2(C)CCCCC2)c1. The topological polar surface area (TPSA) is 41.1 Å². The zero-order valence-electron chi connectivity index (χ0n) is 13.5. The molecule has 1 aliphatic carbocycles. The molecule has 0 radical (unpaired) electrons. The third-order valence-electron chi connectivity index (χ3n) is 4.40. The molecule has 0 bridgehead atoms. The Morgan fingerprint density at radius 1 is 1.24 bits per heavy atom. The summed E-state index contributed by atoms with van der Waals surface area (Å²) >= 11 is 0. The van der Waals surface area contributed by atoms with Crippen LogP contribution in [-0.2, 0) is 11.3 Å². The lowest BCUT2D eigenvalue weighted by molar-refractivity contribution is -0.126. The minimum Gasteiger partial charge on any atom is -0.326 e. The van der Waals surface area contributed by atoms with Gasteiger partial charge in [-0.15, -0.1) is 0 Å². The van der Waals surface area contributed by atoms with Crippen LogP contribution in [0.2, 0.25) is 0 Å². The Bertz CT molecular complexity index is 476. The van der Waals surface area contributed by atoms with Crippen LogP contribution < -0.4 is 10.6 Å². The second kappa shape index (κ2) is 7.08. The van der Waals surface area contributed by atoms with E-state index in [2.05, 4.69) is 43.5 Å². The molecule has 3 heteroatoms. The van der Waals surface area contributed by atoms with Crippen molar-refractivity contribution in [3.8, 4) is 0 Å². The highest BCUT2D eigenvalue weighted by molar-refractivity contribution is 5.95. The van der Waals surface area contributed by atoms with Crippen LogP contribution >= 0.6 is 0 Å². The zero-order valence-corrected chi connectivity index (χ0v) is 13.5. The summed E-state index contributed by atoms with van der Waals surface area (Å²) in [4.78, 5) is 12.5. The second-order valence-electron chi connectivity index (χ2n) is 6.81. The van der Waals surface area contributed by atoms with Crippen LogP contribution in [-0.4, -0.2) is 11.9 Å². The van der Waals surface area contributed by atoms with E-state index in [1.165, 1.54) is 24.8 Å². The highest BCUT2D eigenvalue weighted by Crippen LogP contribution is 2.36. The molecule has 0 saturated heterocycles. The van der Waals surface area contributed by atoms with Crippen molar-refractivity contribution in [2.24, 2.45) is 5.41 Å². The van der Waals surface area contributed by atoms with Crippen LogP contribution in [0.4, 0.5) is 5.69 Å². The Morgan fingerprint density at radius 3 is 2.62 bits per heavy atom. The highest BCUT2D eigenvalue weighted by atomic mass is 16.2. The Morgan fingerprint density at radius 2 is 1.95 bits per heavy atom. The number of carbonyl (C=O) groups excluding carboxylic acids is 1. The molecule has 0 heterocycles. The number of nitrogens with one attached hydrogen (secondary N) is 2. The molecule has 1 fully saturated rings. The summed E-state index contributed by atoms with van der Waals surface area (Å²) in [7, 11) is 0. The first kappa shape index (κ1) is 16.0. The molecular weight excluding hydrogens is 260 g/mol. The van der Waals surface area contributed by atoms with E-state index in [0.29, 0.717) is 6.04 Å². The molecule has 0 spiro atoms. The third-order valence-corrected chi connectivity index (χ3v) is 4.40. The Balaban J connectivity index is 1.98. The summed E-state index contributed by atoms with van der Waals surface area (Å²) in [5, 5.41) is 6.51. The van der Waals surface area contributed by atoms with Crippen LogP contribution in [0.15, 0.2) is 24.3 Å². The smallest absolute Gasteiger partial charge is 0.230 e. The average Bonchev–Trinajstić information content (AvgIpc) is 2.46. The standard InChI is InChI=1S/C18H28N2O/c1-14(2)19-13-15-8-7-9-16(12-15)20-17(21)18(3)10-5-4-6-11-18/h7-9,12,14,19H,4-6,10-11,13H2,1-3H3,(H,20,21). The maximum atomic E-state index is 12.5. The van der Waals surface area contributed by atoms with E-state index in [1.54, 1.807) is 0 Å². The van der Waals surface area contributed by atoms with Crippen molar-refractivity contribution in [2.45, 2.75) is 65.5 Å². The van der Waals surface area contributed by atoms with Crippen LogP contribution in [0.5, 0.6) is 0 Å². The summed E-state index contributed by atoms with van der Waals surface area (Å²) in [5.41, 5.74) is 1.93. The summed E-state index contributed by atoms with van der Waals surface area (Å²) in [5.74, 6) is 0.177. The number of hydrogen-bond donors (Lipinski definition) is 2. The van der Waals surface area contributed by atoms with Crippen LogP contribution in [0.3, 0.4) is 0 Å². The minimum atomic E-state index is -0.190. The number of hydrogen-bond acceptors (Lipinski definition) is 2. The van der Waals surface area contributed by atoms with Crippen molar-refractivity contribution in [2.75, 3.05) is 5.32 Å². The van der Waals surface area contributed by atoms with Crippen molar-refractivity contribution in [1.29, 1.82) is 0 Å². The molecular formula is C18H28N2O. The summed E-state index contributed by atoms with van der Waals surface area (Å²) in [6.45, 7) is 7.20. The predicted octanol–water partition coefficient (Wildman–Crippen LogP) is 4.09. The van der Waals surface area contributed by atoms with E-state index in [1.807, 2.05) is 12.1 Å². The first-order valence-electron chi connectivity index (χ1n) is 8.13. The molecule has 2 rings (SSSR count). The van der Waals surface area contributed by atoms with Gasteiger partial charge in [0, 0.05) is 23.7 Å². The Hall–Kier alpha value is -1.35. The van der Waals surface area contributed by atoms with Gasteiger partial charge in [0.1, 0.15) is 0 Å². The van der Waals surface area contributed by atoms with E-state index in [-0.39, 0.29) is 11.3 Å². The number of rotatable bonds is 5. The first-order chi connectivity index (χ1) is 9.99. The van der Waals surface area contributed by atoms with Gasteiger partial charge in [-0.2, -0.15) is 0 Å². The fourth-order valence-electron chi connectivity index (χ4n) is 2.92. The highest BCUT2D eigenvalue weighted by Gasteiger charge is 2.34. The quantitative estimate of drug-likeness (QED) is 0.856. The zero-order chi connectivity index (χ0) is 15.3. The molecule has 116 valence electrons. The lowest BCUT2D eigenvalue weighted by Gasteiger charge is -2.32. The molecule has 2 N–H and O–H groups in total. The van der Waals surface area contributed by atoms with Crippen LogP contribution in [0.1, 0.15) is 58.4 Å². The molecule has 0 unspecified atom stereocenters. The molecule has 0 atom stereocenters. The summed E-state index contributed by atoms with van der Waals surface area (Å²) in [6.07, 6.45) is 5.62. The van der Waals surface area contributed by atoms with Gasteiger partial charge in [0.15, 0.2) is 0 Å². The number of anilines is 1. The van der Waals surface area contributed by atoms with Gasteiger partial charge in [-0.3, -0.25) is 4.79 Å². The fourth-order valence-corrected chi connectivity index (χ4v) is 2.92. The van der Waals surface area contributed by atoms with Gasteiger partial charge in [0.05, 0.1) is 0 Å². The molecule has 0 aromatic heterocycles. The molecule has 1 amide bonds. The molecule has 0 aliphatic heterocycles. The van der Waals surface area contributed by atoms with Crippen molar-refractivity contribution < 1.29 is 4.79 Å². The van der Waals surface area contributed by atoms with Gasteiger partial charge in [0.25, 0.3) is 0 Å². The van der Waals surface area contributed by atoms with Gasteiger partial charge in [-0.05, 0) is 30.5 Å². The lowest BCUT2D eigenvalue weighted by atomic mass is 9.75. The van der Waals surface area contributed by atoms with E-state index in [0.717, 1.165) is 25.1 Å². The molecule has 21 heavy (non-hydrogen) atoms. The summed E-state index contributed by atoms with van der Waals surface area (Å²) < 4.78 is 0. The predicted molar refractivity (Wildman–Crippen MR) is 88.2 cm³/mol. The van der Waals surface area contributed by atoms with Crippen molar-refractivity contribution >= 4 is 11.6 Å². The molecule has 1 aromatic rings. The number of amides is 1. The minimum absolute atomic E-state index is 0.177. The normalized spacial score (nSPS) is 17.7. The van der Waals surface area contributed by atoms with Gasteiger partial charge in [-0.25, -0.2) is 0 Å². The van der Waals surface area contributed by atoms with Gasteiger partial charge in [-0.1, -0.05) is 52.2 Å². The van der Waals surface area contributed by atoms with Crippen molar-refractivity contribution in [3.63, 3.8) is 0 Å². The van der Waals surface area contributed by atoms with E-state index in [4.69, 9.17) is 0 Å². The summed E-state index contributed by atoms with van der Waals surface area (Å²) in [6, 6.07) is 8.61. The largest absolute Gasteiger partial charge is 0.326 e. The van der Waals surface area contributed by atoms with E-state index in [9.17, 15) is 4.79 Å². The molecule has 1 aliphatic rings.